The minimum absolute atomic E-state index is 0.0926. The van der Waals surface area contributed by atoms with E-state index >= 15 is 0 Å². The Labute approximate surface area is 203 Å². The summed E-state index contributed by atoms with van der Waals surface area (Å²) in [5.74, 6) is 0.103. The number of anilines is 1. The summed E-state index contributed by atoms with van der Waals surface area (Å²) >= 11 is 0. The number of nitrogens with zero attached hydrogens (tertiary/aromatic N) is 5. The molecule has 2 aromatic heterocycles. The predicted octanol–water partition coefficient (Wildman–Crippen LogP) is 3.98. The van der Waals surface area contributed by atoms with Crippen LogP contribution in [0.2, 0.25) is 0 Å². The number of hydrogen-bond acceptors (Lipinski definition) is 5. The molecule has 0 radical (unpaired) electrons. The van der Waals surface area contributed by atoms with Crippen molar-refractivity contribution in [2.24, 2.45) is 0 Å². The second-order valence-electron chi connectivity index (χ2n) is 8.79. The third-order valence-electron chi connectivity index (χ3n) is 6.11. The molecule has 1 N–H and O–H groups in total. The standard InChI is InChI=1S/C27H26N6O2/c1-18(2)33-17-30-25(31-33)23-16-32(27(35)19-8-4-3-5-9-19)24-12-11-20(14-22(23)24)26(34)29-15-21-10-6-7-13-28-21/h3-14,17-18,23H,15-16H2,1-2H3,(H,29,34)/t23-/m0/s1. The molecule has 2 amide bonds. The van der Waals surface area contributed by atoms with Crippen LogP contribution in [0, 0.1) is 0 Å². The van der Waals surface area contributed by atoms with Crippen molar-refractivity contribution in [3.05, 3.63) is 107 Å². The molecule has 0 unspecified atom stereocenters. The Kier molecular flexibility index (Phi) is 6.10. The van der Waals surface area contributed by atoms with Crippen molar-refractivity contribution in [2.75, 3.05) is 11.4 Å². The van der Waals surface area contributed by atoms with Gasteiger partial charge in [0.2, 0.25) is 0 Å². The van der Waals surface area contributed by atoms with E-state index in [9.17, 15) is 9.59 Å². The van der Waals surface area contributed by atoms with Gasteiger partial charge in [0.15, 0.2) is 5.82 Å². The van der Waals surface area contributed by atoms with Gasteiger partial charge in [-0.3, -0.25) is 19.3 Å². The topological polar surface area (TPSA) is 93.0 Å². The molecule has 35 heavy (non-hydrogen) atoms. The molecule has 2 aromatic carbocycles. The van der Waals surface area contributed by atoms with Crippen molar-refractivity contribution in [3.63, 3.8) is 0 Å². The number of nitrogens with one attached hydrogen (secondary N) is 1. The first-order valence-corrected chi connectivity index (χ1v) is 11.6. The fraction of sp³-hybridized carbons (Fsp3) is 0.222. The molecule has 8 heteroatoms. The van der Waals surface area contributed by atoms with Crippen molar-refractivity contribution in [1.82, 2.24) is 25.1 Å². The summed E-state index contributed by atoms with van der Waals surface area (Å²) in [6.45, 7) is 4.82. The fourth-order valence-electron chi connectivity index (χ4n) is 4.22. The van der Waals surface area contributed by atoms with Gasteiger partial charge < -0.3 is 10.2 Å². The SMILES string of the molecule is CC(C)n1cnc([C@H]2CN(C(=O)c3ccccc3)c3ccc(C(=O)NCc4ccccn4)cc32)n1. The first kappa shape index (κ1) is 22.5. The molecule has 0 saturated heterocycles. The lowest BCUT2D eigenvalue weighted by atomic mass is 9.98. The zero-order chi connectivity index (χ0) is 24.4. The molecule has 0 saturated carbocycles. The minimum atomic E-state index is -0.235. The minimum Gasteiger partial charge on any atom is -0.346 e. The molecule has 0 bridgehead atoms. The van der Waals surface area contributed by atoms with E-state index in [1.807, 2.05) is 62.4 Å². The second kappa shape index (κ2) is 9.50. The summed E-state index contributed by atoms with van der Waals surface area (Å²) in [4.78, 5) is 36.9. The number of aromatic nitrogens is 4. The molecular weight excluding hydrogens is 440 g/mol. The lowest BCUT2D eigenvalue weighted by Gasteiger charge is -2.18. The molecule has 8 nitrogen and oxygen atoms in total. The van der Waals surface area contributed by atoms with Crippen molar-refractivity contribution in [1.29, 1.82) is 0 Å². The van der Waals surface area contributed by atoms with Crippen LogP contribution in [0.1, 0.15) is 63.6 Å². The highest BCUT2D eigenvalue weighted by Crippen LogP contribution is 2.40. The van der Waals surface area contributed by atoms with Crippen LogP contribution in [-0.2, 0) is 6.54 Å². The summed E-state index contributed by atoms with van der Waals surface area (Å²) < 4.78 is 1.81. The number of amides is 2. The van der Waals surface area contributed by atoms with E-state index in [-0.39, 0.29) is 23.8 Å². The molecule has 176 valence electrons. The van der Waals surface area contributed by atoms with E-state index < -0.39 is 0 Å². The Morgan fingerprint density at radius 2 is 1.80 bits per heavy atom. The van der Waals surface area contributed by atoms with E-state index in [1.165, 1.54) is 0 Å². The first-order valence-electron chi connectivity index (χ1n) is 11.6. The van der Waals surface area contributed by atoms with Crippen LogP contribution in [0.4, 0.5) is 5.69 Å². The summed E-state index contributed by atoms with van der Waals surface area (Å²) in [6, 6.07) is 20.4. The molecular formula is C27H26N6O2. The Balaban J connectivity index is 1.47. The number of benzene rings is 2. The largest absolute Gasteiger partial charge is 0.346 e. The second-order valence-corrected chi connectivity index (χ2v) is 8.79. The highest BCUT2D eigenvalue weighted by molar-refractivity contribution is 6.08. The zero-order valence-electron chi connectivity index (χ0n) is 19.6. The van der Waals surface area contributed by atoms with Gasteiger partial charge in [-0.15, -0.1) is 0 Å². The molecule has 0 aliphatic carbocycles. The maximum absolute atomic E-state index is 13.4. The molecule has 0 fully saturated rings. The first-order chi connectivity index (χ1) is 17.0. The molecule has 1 atom stereocenters. The Hall–Kier alpha value is -4.33. The normalized spacial score (nSPS) is 14.7. The monoisotopic (exact) mass is 466 g/mol. The lowest BCUT2D eigenvalue weighted by Crippen LogP contribution is -2.30. The van der Waals surface area contributed by atoms with Crippen LogP contribution < -0.4 is 10.2 Å². The average molecular weight is 467 g/mol. The molecule has 3 heterocycles. The summed E-state index contributed by atoms with van der Waals surface area (Å²) in [6.07, 6.45) is 3.41. The summed E-state index contributed by atoms with van der Waals surface area (Å²) in [7, 11) is 0. The van der Waals surface area contributed by atoms with E-state index in [1.54, 1.807) is 40.3 Å². The Bertz CT molecular complexity index is 1350. The number of fused-ring (bicyclic) bond motifs is 1. The maximum Gasteiger partial charge on any atom is 0.258 e. The van der Waals surface area contributed by atoms with Crippen LogP contribution >= 0.6 is 0 Å². The van der Waals surface area contributed by atoms with Crippen molar-refractivity contribution in [2.45, 2.75) is 32.4 Å². The van der Waals surface area contributed by atoms with Gasteiger partial charge in [0.05, 0.1) is 18.2 Å². The van der Waals surface area contributed by atoms with E-state index in [0.717, 1.165) is 16.9 Å². The van der Waals surface area contributed by atoms with E-state index in [2.05, 4.69) is 20.4 Å². The van der Waals surface area contributed by atoms with Gasteiger partial charge in [-0.05, 0) is 61.9 Å². The van der Waals surface area contributed by atoms with Crippen LogP contribution in [-0.4, -0.2) is 38.1 Å². The Morgan fingerprint density at radius 1 is 1.00 bits per heavy atom. The van der Waals surface area contributed by atoms with Gasteiger partial charge in [-0.1, -0.05) is 24.3 Å². The number of rotatable bonds is 6. The highest BCUT2D eigenvalue weighted by atomic mass is 16.2. The van der Waals surface area contributed by atoms with Crippen molar-refractivity contribution < 1.29 is 9.59 Å². The van der Waals surface area contributed by atoms with Gasteiger partial charge in [0.1, 0.15) is 6.33 Å². The van der Waals surface area contributed by atoms with Crippen LogP contribution in [0.5, 0.6) is 0 Å². The fourth-order valence-corrected chi connectivity index (χ4v) is 4.22. The molecule has 1 aliphatic rings. The molecule has 5 rings (SSSR count). The molecule has 4 aromatic rings. The smallest absolute Gasteiger partial charge is 0.258 e. The molecule has 1 aliphatic heterocycles. The molecule has 0 spiro atoms. The van der Waals surface area contributed by atoms with E-state index in [0.29, 0.717) is 30.0 Å². The van der Waals surface area contributed by atoms with Gasteiger partial charge in [-0.25, -0.2) is 4.98 Å². The van der Waals surface area contributed by atoms with Gasteiger partial charge in [0, 0.05) is 35.6 Å². The van der Waals surface area contributed by atoms with Crippen molar-refractivity contribution >= 4 is 17.5 Å². The van der Waals surface area contributed by atoms with Gasteiger partial charge in [0.25, 0.3) is 11.8 Å². The number of carbonyl (C=O) groups is 2. The number of pyridine rings is 1. The maximum atomic E-state index is 13.4. The van der Waals surface area contributed by atoms with Crippen LogP contribution in [0.25, 0.3) is 0 Å². The zero-order valence-corrected chi connectivity index (χ0v) is 19.6. The summed E-state index contributed by atoms with van der Waals surface area (Å²) in [5.41, 5.74) is 3.54. The van der Waals surface area contributed by atoms with Crippen molar-refractivity contribution in [3.8, 4) is 0 Å². The van der Waals surface area contributed by atoms with Gasteiger partial charge in [-0.2, -0.15) is 5.10 Å². The quantitative estimate of drug-likeness (QED) is 0.464. The third kappa shape index (κ3) is 4.55. The number of carbonyl (C=O) groups excluding carboxylic acids is 2. The lowest BCUT2D eigenvalue weighted by molar-refractivity contribution is 0.0949. The van der Waals surface area contributed by atoms with Crippen LogP contribution in [0.3, 0.4) is 0 Å². The highest BCUT2D eigenvalue weighted by Gasteiger charge is 2.36. The average Bonchev–Trinajstić information content (AvgIpc) is 3.53. The third-order valence-corrected chi connectivity index (χ3v) is 6.11. The van der Waals surface area contributed by atoms with Gasteiger partial charge >= 0.3 is 0 Å². The predicted molar refractivity (Wildman–Crippen MR) is 132 cm³/mol. The Morgan fingerprint density at radius 3 is 2.51 bits per heavy atom. The van der Waals surface area contributed by atoms with Crippen LogP contribution in [0.15, 0.2) is 79.3 Å². The summed E-state index contributed by atoms with van der Waals surface area (Å²) in [5, 5.41) is 7.59. The van der Waals surface area contributed by atoms with E-state index in [4.69, 9.17) is 0 Å². The number of hydrogen-bond donors (Lipinski definition) is 1.